The zero-order chi connectivity index (χ0) is 13.2. The quantitative estimate of drug-likeness (QED) is 0.722. The molecule has 4 nitrogen and oxygen atoms in total. The summed E-state index contributed by atoms with van der Waals surface area (Å²) in [5.74, 6) is 0.165. The van der Waals surface area contributed by atoms with Crippen LogP contribution in [0.15, 0.2) is 0 Å². The molecule has 0 saturated carbocycles. The molecule has 1 aliphatic rings. The first-order valence-corrected chi connectivity index (χ1v) is 7.44. The van der Waals surface area contributed by atoms with Gasteiger partial charge >= 0.3 is 0 Å². The van der Waals surface area contributed by atoms with Gasteiger partial charge in [-0.3, -0.25) is 4.79 Å². The highest BCUT2D eigenvalue weighted by Gasteiger charge is 2.10. The van der Waals surface area contributed by atoms with Crippen LogP contribution in [-0.4, -0.2) is 49.6 Å². The van der Waals surface area contributed by atoms with Gasteiger partial charge in [-0.25, -0.2) is 0 Å². The predicted octanol–water partition coefficient (Wildman–Crippen LogP) is 1.37. The maximum Gasteiger partial charge on any atom is 0.221 e. The van der Waals surface area contributed by atoms with Crippen LogP contribution in [0.2, 0.25) is 0 Å². The lowest BCUT2D eigenvalue weighted by Gasteiger charge is -2.20. The van der Waals surface area contributed by atoms with E-state index in [1.54, 1.807) is 0 Å². The Balaban J connectivity index is 2.07. The minimum absolute atomic E-state index is 0.165. The maximum atomic E-state index is 11.7. The average Bonchev–Trinajstić information content (AvgIpc) is 2.58. The van der Waals surface area contributed by atoms with Crippen molar-refractivity contribution in [2.75, 3.05) is 32.7 Å². The summed E-state index contributed by atoms with van der Waals surface area (Å²) in [4.78, 5) is 14.1. The zero-order valence-corrected chi connectivity index (χ0v) is 12.0. The number of carbonyl (C=O) groups is 1. The number of hydrogen-bond donors (Lipinski definition) is 2. The lowest BCUT2D eigenvalue weighted by Crippen LogP contribution is -2.38. The van der Waals surface area contributed by atoms with Crippen molar-refractivity contribution in [1.29, 1.82) is 0 Å². The molecule has 0 spiro atoms. The smallest absolute Gasteiger partial charge is 0.221 e. The van der Waals surface area contributed by atoms with E-state index in [1.807, 2.05) is 0 Å². The number of rotatable bonds is 7. The van der Waals surface area contributed by atoms with E-state index in [4.69, 9.17) is 0 Å². The third-order valence-electron chi connectivity index (χ3n) is 3.49. The molecule has 0 aromatic rings. The SMILES string of the molecule is CCNC(C)CC(=O)NCCN1CCCCCC1. The number of nitrogens with one attached hydrogen (secondary N) is 2. The fraction of sp³-hybridized carbons (Fsp3) is 0.929. The van der Waals surface area contributed by atoms with Crippen molar-refractivity contribution in [1.82, 2.24) is 15.5 Å². The van der Waals surface area contributed by atoms with Crippen molar-refractivity contribution in [2.45, 2.75) is 52.0 Å². The molecule has 1 fully saturated rings. The first-order chi connectivity index (χ1) is 8.72. The van der Waals surface area contributed by atoms with E-state index in [1.165, 1.54) is 38.8 Å². The first kappa shape index (κ1) is 15.4. The number of hydrogen-bond acceptors (Lipinski definition) is 3. The third kappa shape index (κ3) is 6.97. The Bertz CT molecular complexity index is 225. The monoisotopic (exact) mass is 255 g/mol. The van der Waals surface area contributed by atoms with Gasteiger partial charge in [-0.1, -0.05) is 19.8 Å². The Morgan fingerprint density at radius 3 is 2.50 bits per heavy atom. The highest BCUT2D eigenvalue weighted by atomic mass is 16.1. The summed E-state index contributed by atoms with van der Waals surface area (Å²) in [5, 5.41) is 6.27. The molecule has 0 radical (unpaired) electrons. The summed E-state index contributed by atoms with van der Waals surface area (Å²) in [5.41, 5.74) is 0. The Morgan fingerprint density at radius 2 is 1.89 bits per heavy atom. The van der Waals surface area contributed by atoms with Crippen molar-refractivity contribution in [3.05, 3.63) is 0 Å². The molecule has 0 aromatic heterocycles. The van der Waals surface area contributed by atoms with E-state index in [0.717, 1.165) is 19.6 Å². The van der Waals surface area contributed by atoms with Crippen molar-refractivity contribution in [2.24, 2.45) is 0 Å². The van der Waals surface area contributed by atoms with Crippen LogP contribution in [0.3, 0.4) is 0 Å². The fourth-order valence-electron chi connectivity index (χ4n) is 2.48. The van der Waals surface area contributed by atoms with Crippen LogP contribution in [-0.2, 0) is 4.79 Å². The van der Waals surface area contributed by atoms with E-state index < -0.39 is 0 Å². The van der Waals surface area contributed by atoms with Crippen LogP contribution in [0.1, 0.15) is 46.0 Å². The summed E-state index contributed by atoms with van der Waals surface area (Å²) >= 11 is 0. The first-order valence-electron chi connectivity index (χ1n) is 7.44. The minimum Gasteiger partial charge on any atom is -0.355 e. The average molecular weight is 255 g/mol. The topological polar surface area (TPSA) is 44.4 Å². The summed E-state index contributed by atoms with van der Waals surface area (Å²) in [7, 11) is 0. The molecule has 1 amide bonds. The van der Waals surface area contributed by atoms with Gasteiger partial charge in [-0.05, 0) is 39.4 Å². The molecule has 0 bridgehead atoms. The van der Waals surface area contributed by atoms with Gasteiger partial charge in [0.15, 0.2) is 0 Å². The molecular formula is C14H29N3O. The van der Waals surface area contributed by atoms with Gasteiger partial charge in [0.25, 0.3) is 0 Å². The number of carbonyl (C=O) groups excluding carboxylic acids is 1. The molecule has 1 atom stereocenters. The fourth-order valence-corrected chi connectivity index (χ4v) is 2.48. The summed E-state index contributed by atoms with van der Waals surface area (Å²) in [6.45, 7) is 9.22. The molecule has 4 heteroatoms. The van der Waals surface area contributed by atoms with Gasteiger partial charge in [-0.15, -0.1) is 0 Å². The van der Waals surface area contributed by atoms with E-state index in [9.17, 15) is 4.79 Å². The second-order valence-electron chi connectivity index (χ2n) is 5.27. The van der Waals surface area contributed by atoms with Gasteiger partial charge in [0.2, 0.25) is 5.91 Å². The van der Waals surface area contributed by atoms with Gasteiger partial charge in [0.05, 0.1) is 0 Å². The van der Waals surface area contributed by atoms with E-state index >= 15 is 0 Å². The van der Waals surface area contributed by atoms with Crippen molar-refractivity contribution >= 4 is 5.91 Å². The highest BCUT2D eigenvalue weighted by Crippen LogP contribution is 2.08. The molecule has 106 valence electrons. The summed E-state index contributed by atoms with van der Waals surface area (Å²) in [6, 6.07) is 0.271. The normalized spacial score (nSPS) is 19.2. The molecule has 1 aliphatic heterocycles. The molecule has 1 saturated heterocycles. The number of likely N-dealkylation sites (tertiary alicyclic amines) is 1. The molecule has 0 aliphatic carbocycles. The molecule has 18 heavy (non-hydrogen) atoms. The Morgan fingerprint density at radius 1 is 1.22 bits per heavy atom. The Hall–Kier alpha value is -0.610. The van der Waals surface area contributed by atoms with Gasteiger partial charge in [-0.2, -0.15) is 0 Å². The minimum atomic E-state index is 0.165. The second kappa shape index (κ2) is 9.34. The van der Waals surface area contributed by atoms with Crippen molar-refractivity contribution in [3.63, 3.8) is 0 Å². The maximum absolute atomic E-state index is 11.7. The lowest BCUT2D eigenvalue weighted by atomic mass is 10.2. The second-order valence-corrected chi connectivity index (χ2v) is 5.27. The molecule has 0 aromatic carbocycles. The Kier molecular flexibility index (Phi) is 8.01. The van der Waals surface area contributed by atoms with Crippen LogP contribution in [0.5, 0.6) is 0 Å². The van der Waals surface area contributed by atoms with Gasteiger partial charge in [0.1, 0.15) is 0 Å². The molecule has 1 unspecified atom stereocenters. The number of nitrogens with zero attached hydrogens (tertiary/aromatic N) is 1. The van der Waals surface area contributed by atoms with Gasteiger partial charge < -0.3 is 15.5 Å². The predicted molar refractivity (Wildman–Crippen MR) is 75.7 cm³/mol. The molecule has 1 heterocycles. The van der Waals surface area contributed by atoms with Crippen LogP contribution < -0.4 is 10.6 Å². The van der Waals surface area contributed by atoms with Crippen LogP contribution in [0, 0.1) is 0 Å². The van der Waals surface area contributed by atoms with Crippen molar-refractivity contribution in [3.8, 4) is 0 Å². The van der Waals surface area contributed by atoms with Crippen molar-refractivity contribution < 1.29 is 4.79 Å². The van der Waals surface area contributed by atoms with E-state index in [-0.39, 0.29) is 11.9 Å². The highest BCUT2D eigenvalue weighted by molar-refractivity contribution is 5.76. The van der Waals surface area contributed by atoms with Crippen LogP contribution >= 0.6 is 0 Å². The van der Waals surface area contributed by atoms with E-state index in [2.05, 4.69) is 29.4 Å². The number of amides is 1. The molecular weight excluding hydrogens is 226 g/mol. The van der Waals surface area contributed by atoms with Crippen LogP contribution in [0.4, 0.5) is 0 Å². The molecule has 1 rings (SSSR count). The summed E-state index contributed by atoms with van der Waals surface area (Å²) < 4.78 is 0. The standard InChI is InChI=1S/C14H29N3O/c1-3-15-13(2)12-14(18)16-8-11-17-9-6-4-5-7-10-17/h13,15H,3-12H2,1-2H3,(H,16,18). The lowest BCUT2D eigenvalue weighted by molar-refractivity contribution is -0.121. The van der Waals surface area contributed by atoms with E-state index in [0.29, 0.717) is 6.42 Å². The third-order valence-corrected chi connectivity index (χ3v) is 3.49. The zero-order valence-electron chi connectivity index (χ0n) is 12.0. The van der Waals surface area contributed by atoms with Crippen LogP contribution in [0.25, 0.3) is 0 Å². The Labute approximate surface area is 111 Å². The largest absolute Gasteiger partial charge is 0.355 e. The van der Waals surface area contributed by atoms with Gasteiger partial charge in [0, 0.05) is 25.6 Å². The molecule has 2 N–H and O–H groups in total. The summed E-state index contributed by atoms with van der Waals surface area (Å²) in [6.07, 6.45) is 5.93.